The summed E-state index contributed by atoms with van der Waals surface area (Å²) in [6, 6.07) is 5.91. The van der Waals surface area contributed by atoms with Crippen molar-refractivity contribution in [3.63, 3.8) is 0 Å². The zero-order valence-corrected chi connectivity index (χ0v) is 10.5. The highest BCUT2D eigenvalue weighted by Gasteiger charge is 2.04. The molecule has 0 aliphatic heterocycles. The Morgan fingerprint density at radius 3 is 2.87 bits per heavy atom. The number of halogens is 1. The van der Waals surface area contributed by atoms with E-state index < -0.39 is 0 Å². The number of aliphatic hydroxyl groups is 1. The smallest absolute Gasteiger partial charge is 0.0758 e. The Hall–Kier alpha value is -0.220. The number of hydrogen-bond acceptors (Lipinski definition) is 3. The van der Waals surface area contributed by atoms with Crippen molar-refractivity contribution in [1.82, 2.24) is 5.32 Å². The molecule has 2 N–H and O–H groups in total. The average Bonchev–Trinajstić information content (AvgIpc) is 2.20. The summed E-state index contributed by atoms with van der Waals surface area (Å²) in [5, 5.41) is 13.3. The third-order valence-corrected chi connectivity index (χ3v) is 3.57. The van der Waals surface area contributed by atoms with Gasteiger partial charge in [0.2, 0.25) is 0 Å². The number of rotatable bonds is 5. The quantitative estimate of drug-likeness (QED) is 0.781. The third-order valence-electron chi connectivity index (χ3n) is 2.01. The molecular formula is C11H16ClNOS. The number of benzene rings is 1. The number of aliphatic hydroxyl groups excluding tert-OH is 1. The average molecular weight is 246 g/mol. The summed E-state index contributed by atoms with van der Waals surface area (Å²) in [6.07, 6.45) is -0.309. The lowest BCUT2D eigenvalue weighted by atomic mass is 10.2. The third kappa shape index (κ3) is 4.43. The molecule has 1 unspecified atom stereocenters. The molecule has 0 spiro atoms. The van der Waals surface area contributed by atoms with Gasteiger partial charge in [0.1, 0.15) is 0 Å². The highest BCUT2D eigenvalue weighted by atomic mass is 35.5. The molecule has 0 aliphatic rings. The van der Waals surface area contributed by atoms with Gasteiger partial charge in [0.15, 0.2) is 0 Å². The maximum atomic E-state index is 9.52. The highest BCUT2D eigenvalue weighted by molar-refractivity contribution is 7.99. The molecule has 84 valence electrons. The van der Waals surface area contributed by atoms with Crippen molar-refractivity contribution >= 4 is 23.4 Å². The van der Waals surface area contributed by atoms with Crippen LogP contribution in [0.25, 0.3) is 0 Å². The van der Waals surface area contributed by atoms with Gasteiger partial charge in [-0.15, -0.1) is 11.8 Å². The van der Waals surface area contributed by atoms with Crippen LogP contribution in [0.4, 0.5) is 0 Å². The molecule has 0 bridgehead atoms. The summed E-state index contributed by atoms with van der Waals surface area (Å²) < 4.78 is 0. The molecule has 2 nitrogen and oxygen atoms in total. The fraction of sp³-hybridized carbons (Fsp3) is 0.455. The van der Waals surface area contributed by atoms with E-state index in [2.05, 4.69) is 5.32 Å². The largest absolute Gasteiger partial charge is 0.391 e. The van der Waals surface area contributed by atoms with Crippen LogP contribution in [0, 0.1) is 6.92 Å². The zero-order chi connectivity index (χ0) is 11.3. The Kier molecular flexibility index (Phi) is 5.47. The maximum Gasteiger partial charge on any atom is 0.0758 e. The van der Waals surface area contributed by atoms with Gasteiger partial charge in [-0.25, -0.2) is 0 Å². The maximum absolute atomic E-state index is 9.52. The summed E-state index contributed by atoms with van der Waals surface area (Å²) in [4.78, 5) is 1.15. The van der Waals surface area contributed by atoms with E-state index in [1.807, 2.05) is 32.2 Å². The summed E-state index contributed by atoms with van der Waals surface area (Å²) in [7, 11) is 1.83. The van der Waals surface area contributed by atoms with Gasteiger partial charge >= 0.3 is 0 Å². The molecule has 0 saturated carbocycles. The predicted molar refractivity (Wildman–Crippen MR) is 66.8 cm³/mol. The van der Waals surface area contributed by atoms with Gasteiger partial charge < -0.3 is 10.4 Å². The number of thioether (sulfide) groups is 1. The summed E-state index contributed by atoms with van der Waals surface area (Å²) in [6.45, 7) is 2.61. The van der Waals surface area contributed by atoms with Crippen LogP contribution in [-0.2, 0) is 0 Å². The second kappa shape index (κ2) is 6.38. The van der Waals surface area contributed by atoms with Crippen LogP contribution in [0.15, 0.2) is 23.1 Å². The Labute approximate surface area is 100 Å². The highest BCUT2D eigenvalue weighted by Crippen LogP contribution is 2.24. The van der Waals surface area contributed by atoms with Crippen molar-refractivity contribution in [2.75, 3.05) is 19.3 Å². The van der Waals surface area contributed by atoms with Crippen molar-refractivity contribution in [2.45, 2.75) is 17.9 Å². The minimum atomic E-state index is -0.309. The Balaban J connectivity index is 2.47. The molecule has 0 amide bonds. The van der Waals surface area contributed by atoms with Crippen LogP contribution < -0.4 is 5.32 Å². The summed E-state index contributed by atoms with van der Waals surface area (Å²) in [5.41, 5.74) is 1.07. The van der Waals surface area contributed by atoms with E-state index in [0.717, 1.165) is 15.5 Å². The van der Waals surface area contributed by atoms with E-state index in [9.17, 15) is 5.11 Å². The number of aryl methyl sites for hydroxylation is 1. The van der Waals surface area contributed by atoms with Crippen molar-refractivity contribution < 1.29 is 5.11 Å². The number of likely N-dealkylation sites (N-methyl/N-ethyl adjacent to an activating group) is 1. The predicted octanol–water partition coefficient (Wildman–Crippen LogP) is 2.32. The first-order valence-corrected chi connectivity index (χ1v) is 6.21. The van der Waals surface area contributed by atoms with Gasteiger partial charge in [-0.05, 0) is 37.7 Å². The fourth-order valence-electron chi connectivity index (χ4n) is 1.19. The van der Waals surface area contributed by atoms with Gasteiger partial charge in [-0.1, -0.05) is 11.6 Å². The molecule has 1 atom stereocenters. The first-order valence-electron chi connectivity index (χ1n) is 4.85. The molecule has 0 aliphatic carbocycles. The van der Waals surface area contributed by atoms with Crippen LogP contribution >= 0.6 is 23.4 Å². The van der Waals surface area contributed by atoms with Crippen molar-refractivity contribution in [3.8, 4) is 0 Å². The van der Waals surface area contributed by atoms with Crippen molar-refractivity contribution in [1.29, 1.82) is 0 Å². The van der Waals surface area contributed by atoms with Crippen molar-refractivity contribution in [2.24, 2.45) is 0 Å². The normalized spacial score (nSPS) is 12.8. The van der Waals surface area contributed by atoms with Crippen LogP contribution in [0.1, 0.15) is 5.56 Å². The Morgan fingerprint density at radius 1 is 1.53 bits per heavy atom. The first-order chi connectivity index (χ1) is 7.13. The molecule has 15 heavy (non-hydrogen) atoms. The van der Waals surface area contributed by atoms with Gasteiger partial charge in [-0.3, -0.25) is 0 Å². The standard InChI is InChI=1S/C11H16ClNOS/c1-8-5-10(3-4-11(8)12)15-7-9(14)6-13-2/h3-5,9,13-14H,6-7H2,1-2H3. The molecule has 1 aromatic carbocycles. The lowest BCUT2D eigenvalue weighted by Gasteiger charge is -2.09. The molecule has 0 radical (unpaired) electrons. The summed E-state index contributed by atoms with van der Waals surface area (Å²) in [5.74, 6) is 0.696. The molecule has 1 rings (SSSR count). The lowest BCUT2D eigenvalue weighted by molar-refractivity contribution is 0.199. The Bertz CT molecular complexity index is 319. The van der Waals surface area contributed by atoms with Gasteiger partial charge in [-0.2, -0.15) is 0 Å². The zero-order valence-electron chi connectivity index (χ0n) is 8.96. The minimum Gasteiger partial charge on any atom is -0.391 e. The minimum absolute atomic E-state index is 0.309. The monoisotopic (exact) mass is 245 g/mol. The lowest BCUT2D eigenvalue weighted by Crippen LogP contribution is -2.25. The van der Waals surface area contributed by atoms with Gasteiger partial charge in [0.25, 0.3) is 0 Å². The van der Waals surface area contributed by atoms with Gasteiger partial charge in [0, 0.05) is 22.2 Å². The molecular weight excluding hydrogens is 230 g/mol. The second-order valence-electron chi connectivity index (χ2n) is 3.43. The first kappa shape index (κ1) is 12.8. The SMILES string of the molecule is CNCC(O)CSc1ccc(Cl)c(C)c1. The van der Waals surface area contributed by atoms with E-state index in [-0.39, 0.29) is 6.10 Å². The topological polar surface area (TPSA) is 32.3 Å². The van der Waals surface area contributed by atoms with Crippen LogP contribution in [0.3, 0.4) is 0 Å². The Morgan fingerprint density at radius 2 is 2.27 bits per heavy atom. The molecule has 0 aromatic heterocycles. The summed E-state index contributed by atoms with van der Waals surface area (Å²) >= 11 is 7.57. The second-order valence-corrected chi connectivity index (χ2v) is 4.93. The van der Waals surface area contributed by atoms with E-state index in [4.69, 9.17) is 11.6 Å². The molecule has 1 aromatic rings. The van der Waals surface area contributed by atoms with E-state index >= 15 is 0 Å². The molecule has 4 heteroatoms. The van der Waals surface area contributed by atoms with E-state index in [0.29, 0.717) is 12.3 Å². The van der Waals surface area contributed by atoms with Crippen LogP contribution in [0.2, 0.25) is 5.02 Å². The number of hydrogen-bond donors (Lipinski definition) is 2. The number of nitrogens with one attached hydrogen (secondary N) is 1. The van der Waals surface area contributed by atoms with Gasteiger partial charge in [0.05, 0.1) is 6.10 Å². The van der Waals surface area contributed by atoms with E-state index in [1.54, 1.807) is 11.8 Å². The van der Waals surface area contributed by atoms with E-state index in [1.165, 1.54) is 0 Å². The fourth-order valence-corrected chi connectivity index (χ4v) is 2.24. The van der Waals surface area contributed by atoms with Crippen LogP contribution in [-0.4, -0.2) is 30.6 Å². The van der Waals surface area contributed by atoms with Crippen molar-refractivity contribution in [3.05, 3.63) is 28.8 Å². The molecule has 0 saturated heterocycles. The molecule has 0 heterocycles. The molecule has 0 fully saturated rings. The van der Waals surface area contributed by atoms with Crippen LogP contribution in [0.5, 0.6) is 0 Å².